The summed E-state index contributed by atoms with van der Waals surface area (Å²) < 4.78 is 21.6. The lowest BCUT2D eigenvalue weighted by Gasteiger charge is -2.10. The first-order valence-corrected chi connectivity index (χ1v) is 8.89. The summed E-state index contributed by atoms with van der Waals surface area (Å²) >= 11 is 0. The highest BCUT2D eigenvalue weighted by molar-refractivity contribution is 6.03. The van der Waals surface area contributed by atoms with Crippen molar-refractivity contribution >= 4 is 23.1 Å². The first-order valence-electron chi connectivity index (χ1n) is 8.89. The fourth-order valence-corrected chi connectivity index (χ4v) is 2.96. The van der Waals surface area contributed by atoms with Gasteiger partial charge in [-0.25, -0.2) is 19.3 Å². The molecule has 0 aliphatic carbocycles. The Hall–Kier alpha value is -3.75. The molecule has 29 heavy (non-hydrogen) atoms. The van der Waals surface area contributed by atoms with Crippen molar-refractivity contribution in [3.63, 3.8) is 0 Å². The van der Waals surface area contributed by atoms with Crippen LogP contribution < -0.4 is 10.2 Å². The van der Waals surface area contributed by atoms with Crippen molar-refractivity contribution < 1.29 is 13.6 Å². The smallest absolute Gasteiger partial charge is 0.293 e. The van der Waals surface area contributed by atoms with Crippen molar-refractivity contribution in [1.29, 1.82) is 0 Å². The van der Waals surface area contributed by atoms with Gasteiger partial charge in [0.1, 0.15) is 5.82 Å². The number of amides is 1. The Morgan fingerprint density at radius 1 is 1.21 bits per heavy atom. The Labute approximate surface area is 166 Å². The zero-order valence-electron chi connectivity index (χ0n) is 16.4. The third-order valence-corrected chi connectivity index (χ3v) is 4.42. The molecular weight excluding hydrogens is 375 g/mol. The van der Waals surface area contributed by atoms with E-state index >= 15 is 0 Å². The second kappa shape index (κ2) is 7.01. The Kier molecular flexibility index (Phi) is 4.50. The first-order chi connectivity index (χ1) is 13.8. The number of fused-ring (bicyclic) bond motifs is 1. The molecule has 0 saturated carbocycles. The molecule has 1 N–H and O–H groups in total. The number of aromatic nitrogens is 4. The Morgan fingerprint density at radius 2 is 2.00 bits per heavy atom. The Bertz CT molecular complexity index is 1230. The second-order valence-corrected chi connectivity index (χ2v) is 6.84. The number of oxazole rings is 1. The van der Waals surface area contributed by atoms with E-state index in [0.29, 0.717) is 28.7 Å². The minimum absolute atomic E-state index is 0.126. The molecule has 4 aromatic rings. The van der Waals surface area contributed by atoms with E-state index in [1.165, 1.54) is 18.2 Å². The molecule has 0 unspecified atom stereocenters. The first kappa shape index (κ1) is 18.6. The van der Waals surface area contributed by atoms with Gasteiger partial charge in [0.2, 0.25) is 11.5 Å². The second-order valence-electron chi connectivity index (χ2n) is 6.84. The number of aryl methyl sites for hydroxylation is 2. The number of rotatable bonds is 4. The SMILES string of the molecule is Cc1nc(C)c(C(=O)Nc2ccc(F)c(-c3cn4cc(N(C)C)cnc4n3)c2)o1. The summed E-state index contributed by atoms with van der Waals surface area (Å²) in [4.78, 5) is 27.1. The molecule has 0 saturated heterocycles. The zero-order chi connectivity index (χ0) is 20.7. The maximum atomic E-state index is 14.5. The maximum Gasteiger partial charge on any atom is 0.293 e. The lowest BCUT2D eigenvalue weighted by molar-refractivity contribution is 0.0994. The van der Waals surface area contributed by atoms with E-state index in [-0.39, 0.29) is 11.3 Å². The van der Waals surface area contributed by atoms with E-state index in [1.54, 1.807) is 30.6 Å². The van der Waals surface area contributed by atoms with Gasteiger partial charge < -0.3 is 14.6 Å². The maximum absolute atomic E-state index is 14.5. The summed E-state index contributed by atoms with van der Waals surface area (Å²) in [5, 5.41) is 2.71. The standard InChI is InChI=1S/C20H19FN6O2/c1-11-18(29-12(2)23-11)19(28)24-13-5-6-16(21)15(7-13)17-10-27-9-14(26(3)4)8-22-20(27)25-17/h5-10H,1-4H3,(H,24,28). The predicted octanol–water partition coefficient (Wildman–Crippen LogP) is 3.46. The lowest BCUT2D eigenvalue weighted by Crippen LogP contribution is -2.12. The molecule has 0 spiro atoms. The van der Waals surface area contributed by atoms with Crippen LogP contribution >= 0.6 is 0 Å². The van der Waals surface area contributed by atoms with Crippen LogP contribution in [0.2, 0.25) is 0 Å². The van der Waals surface area contributed by atoms with Crippen LogP contribution in [0.5, 0.6) is 0 Å². The van der Waals surface area contributed by atoms with E-state index in [1.807, 2.05) is 25.2 Å². The molecular formula is C20H19FN6O2. The van der Waals surface area contributed by atoms with Crippen LogP contribution in [-0.4, -0.2) is 39.4 Å². The third kappa shape index (κ3) is 3.54. The number of anilines is 2. The van der Waals surface area contributed by atoms with E-state index in [4.69, 9.17) is 4.42 Å². The number of benzene rings is 1. The summed E-state index contributed by atoms with van der Waals surface area (Å²) in [6.07, 6.45) is 5.25. The molecule has 0 aliphatic heterocycles. The minimum Gasteiger partial charge on any atom is -0.436 e. The molecule has 0 radical (unpaired) electrons. The van der Waals surface area contributed by atoms with Crippen molar-refractivity contribution in [3.05, 3.63) is 60.0 Å². The van der Waals surface area contributed by atoms with Crippen molar-refractivity contribution in [2.24, 2.45) is 0 Å². The monoisotopic (exact) mass is 394 g/mol. The van der Waals surface area contributed by atoms with Crippen LogP contribution in [-0.2, 0) is 0 Å². The van der Waals surface area contributed by atoms with Crippen LogP contribution in [0.25, 0.3) is 17.0 Å². The van der Waals surface area contributed by atoms with Gasteiger partial charge in [-0.15, -0.1) is 0 Å². The number of carbonyl (C=O) groups excluding carboxylic acids is 1. The third-order valence-electron chi connectivity index (χ3n) is 4.42. The van der Waals surface area contributed by atoms with Crippen molar-refractivity contribution in [3.8, 4) is 11.3 Å². The average Bonchev–Trinajstić information content (AvgIpc) is 3.24. The highest BCUT2D eigenvalue weighted by atomic mass is 19.1. The molecule has 3 heterocycles. The van der Waals surface area contributed by atoms with Crippen molar-refractivity contribution in [2.45, 2.75) is 13.8 Å². The summed E-state index contributed by atoms with van der Waals surface area (Å²) in [7, 11) is 3.81. The summed E-state index contributed by atoms with van der Waals surface area (Å²) in [5.41, 5.74) is 2.46. The molecule has 1 amide bonds. The summed E-state index contributed by atoms with van der Waals surface area (Å²) in [6.45, 7) is 3.35. The normalized spacial score (nSPS) is 11.1. The molecule has 9 heteroatoms. The number of halogens is 1. The van der Waals surface area contributed by atoms with Crippen LogP contribution in [0.4, 0.5) is 15.8 Å². The van der Waals surface area contributed by atoms with Crippen LogP contribution in [0.1, 0.15) is 22.1 Å². The minimum atomic E-state index is -0.453. The van der Waals surface area contributed by atoms with Gasteiger partial charge >= 0.3 is 0 Å². The van der Waals surface area contributed by atoms with Crippen LogP contribution in [0, 0.1) is 19.7 Å². The number of nitrogens with one attached hydrogen (secondary N) is 1. The van der Waals surface area contributed by atoms with E-state index in [2.05, 4.69) is 20.3 Å². The summed E-state index contributed by atoms with van der Waals surface area (Å²) in [5.74, 6) is 0.0781. The number of hydrogen-bond donors (Lipinski definition) is 1. The molecule has 1 aromatic carbocycles. The molecule has 8 nitrogen and oxygen atoms in total. The van der Waals surface area contributed by atoms with Gasteiger partial charge in [0.05, 0.1) is 23.3 Å². The summed E-state index contributed by atoms with van der Waals surface area (Å²) in [6, 6.07) is 4.29. The van der Waals surface area contributed by atoms with E-state index in [9.17, 15) is 9.18 Å². The number of hydrogen-bond acceptors (Lipinski definition) is 6. The van der Waals surface area contributed by atoms with Gasteiger partial charge in [0.15, 0.2) is 5.89 Å². The van der Waals surface area contributed by atoms with Crippen LogP contribution in [0.3, 0.4) is 0 Å². The van der Waals surface area contributed by atoms with Gasteiger partial charge in [0, 0.05) is 44.7 Å². The van der Waals surface area contributed by atoms with Crippen molar-refractivity contribution in [1.82, 2.24) is 19.4 Å². The van der Waals surface area contributed by atoms with Gasteiger partial charge in [-0.2, -0.15) is 0 Å². The molecule has 0 atom stereocenters. The van der Waals surface area contributed by atoms with E-state index < -0.39 is 11.7 Å². The zero-order valence-corrected chi connectivity index (χ0v) is 16.4. The number of nitrogens with zero attached hydrogens (tertiary/aromatic N) is 5. The van der Waals surface area contributed by atoms with Gasteiger partial charge in [-0.1, -0.05) is 0 Å². The molecule has 0 bridgehead atoms. The largest absolute Gasteiger partial charge is 0.436 e. The fourth-order valence-electron chi connectivity index (χ4n) is 2.96. The number of carbonyl (C=O) groups is 1. The lowest BCUT2D eigenvalue weighted by atomic mass is 10.1. The molecule has 0 fully saturated rings. The molecule has 4 rings (SSSR count). The molecule has 3 aromatic heterocycles. The van der Waals surface area contributed by atoms with Gasteiger partial charge in [-0.3, -0.25) is 9.20 Å². The fraction of sp³-hybridized carbons (Fsp3) is 0.200. The molecule has 0 aliphatic rings. The topological polar surface area (TPSA) is 88.6 Å². The average molecular weight is 394 g/mol. The van der Waals surface area contributed by atoms with Crippen LogP contribution in [0.15, 0.2) is 41.2 Å². The highest BCUT2D eigenvalue weighted by Crippen LogP contribution is 2.26. The molecule has 148 valence electrons. The quantitative estimate of drug-likeness (QED) is 0.570. The Balaban J connectivity index is 1.67. The highest BCUT2D eigenvalue weighted by Gasteiger charge is 2.18. The van der Waals surface area contributed by atoms with E-state index in [0.717, 1.165) is 5.69 Å². The Morgan fingerprint density at radius 3 is 2.69 bits per heavy atom. The van der Waals surface area contributed by atoms with Gasteiger partial charge in [0.25, 0.3) is 5.91 Å². The van der Waals surface area contributed by atoms with Gasteiger partial charge in [-0.05, 0) is 25.1 Å². The number of imidazole rings is 1. The van der Waals surface area contributed by atoms with Crippen molar-refractivity contribution in [2.75, 3.05) is 24.3 Å². The predicted molar refractivity (Wildman–Crippen MR) is 107 cm³/mol.